The smallest absolute Gasteiger partial charge is 0.191 e. The van der Waals surface area contributed by atoms with Crippen LogP contribution in [0.4, 0.5) is 0 Å². The topological polar surface area (TPSA) is 122 Å². The summed E-state index contributed by atoms with van der Waals surface area (Å²) >= 11 is 1.35. The van der Waals surface area contributed by atoms with Crippen molar-refractivity contribution in [3.05, 3.63) is 0 Å². The highest BCUT2D eigenvalue weighted by Crippen LogP contribution is 2.34. The third-order valence-electron chi connectivity index (χ3n) is 1.88. The van der Waals surface area contributed by atoms with Crippen molar-refractivity contribution < 1.29 is 33.8 Å². The van der Waals surface area contributed by atoms with E-state index in [4.69, 9.17) is 4.74 Å². The molecule has 90 valence electrons. The summed E-state index contributed by atoms with van der Waals surface area (Å²) in [6.45, 7) is 0. The Morgan fingerprint density at radius 1 is 1.47 bits per heavy atom. The van der Waals surface area contributed by atoms with Gasteiger partial charge in [-0.1, -0.05) is 0 Å². The van der Waals surface area contributed by atoms with E-state index >= 15 is 0 Å². The minimum atomic E-state index is -5.23. The van der Waals surface area contributed by atoms with Crippen molar-refractivity contribution in [3.8, 4) is 0 Å². The van der Waals surface area contributed by atoms with E-state index in [0.717, 1.165) is 0 Å². The lowest BCUT2D eigenvalue weighted by atomic mass is 10.2. The van der Waals surface area contributed by atoms with Crippen molar-refractivity contribution in [1.82, 2.24) is 0 Å². The first-order valence-electron chi connectivity index (χ1n) is 4.06. The van der Waals surface area contributed by atoms with Crippen LogP contribution in [-0.4, -0.2) is 46.8 Å². The van der Waals surface area contributed by atoms with Gasteiger partial charge in [0.1, 0.15) is 12.2 Å². The van der Waals surface area contributed by atoms with Gasteiger partial charge in [0.05, 0.1) is 13.9 Å². The van der Waals surface area contributed by atoms with E-state index in [0.29, 0.717) is 5.75 Å². The second-order valence-electron chi connectivity index (χ2n) is 3.03. The average Bonchev–Trinajstić information content (AvgIpc) is 2.32. The Morgan fingerprint density at radius 3 is 2.53 bits per heavy atom. The number of phosphoric ester groups is 1. The number of aliphatic hydroxyl groups is 2. The van der Waals surface area contributed by atoms with E-state index < -0.39 is 32.4 Å². The van der Waals surface area contributed by atoms with Crippen LogP contribution in [0.2, 0.25) is 0 Å². The predicted molar refractivity (Wildman–Crippen MR) is 47.7 cm³/mol. The molecule has 2 N–H and O–H groups in total. The van der Waals surface area contributed by atoms with E-state index in [1.54, 1.807) is 6.26 Å². The van der Waals surface area contributed by atoms with Crippen molar-refractivity contribution >= 4 is 19.6 Å². The molecular formula is C6H11O7PS-2. The molecule has 0 aromatic rings. The second kappa shape index (κ2) is 5.11. The number of rotatable bonds is 4. The van der Waals surface area contributed by atoms with E-state index in [1.165, 1.54) is 11.8 Å². The maximum Gasteiger partial charge on any atom is 0.191 e. The molecule has 1 unspecified atom stereocenters. The highest BCUT2D eigenvalue weighted by Gasteiger charge is 2.43. The Morgan fingerprint density at radius 2 is 2.07 bits per heavy atom. The molecule has 9 heteroatoms. The van der Waals surface area contributed by atoms with Gasteiger partial charge in [0.15, 0.2) is 6.29 Å². The van der Waals surface area contributed by atoms with Crippen molar-refractivity contribution in [2.75, 3.05) is 12.0 Å². The van der Waals surface area contributed by atoms with Gasteiger partial charge in [-0.3, -0.25) is 0 Å². The summed E-state index contributed by atoms with van der Waals surface area (Å²) < 4.78 is 19.1. The third kappa shape index (κ3) is 3.69. The van der Waals surface area contributed by atoms with E-state index in [2.05, 4.69) is 4.52 Å². The van der Waals surface area contributed by atoms with Crippen LogP contribution in [0, 0.1) is 0 Å². The van der Waals surface area contributed by atoms with Crippen LogP contribution in [0.3, 0.4) is 0 Å². The van der Waals surface area contributed by atoms with Crippen LogP contribution in [0.15, 0.2) is 0 Å². The van der Waals surface area contributed by atoms with Crippen molar-refractivity contribution in [2.24, 2.45) is 0 Å². The molecule has 15 heavy (non-hydrogen) atoms. The predicted octanol–water partition coefficient (Wildman–Crippen LogP) is -2.36. The Kier molecular flexibility index (Phi) is 4.57. The molecule has 0 bridgehead atoms. The zero-order valence-corrected chi connectivity index (χ0v) is 9.52. The molecule has 0 aliphatic carbocycles. The fraction of sp³-hybridized carbons (Fsp3) is 1.00. The first-order chi connectivity index (χ1) is 6.85. The number of thioether (sulfide) groups is 1. The Balaban J connectivity index is 2.59. The zero-order valence-electron chi connectivity index (χ0n) is 7.81. The van der Waals surface area contributed by atoms with Crippen LogP contribution in [0.1, 0.15) is 0 Å². The molecule has 0 radical (unpaired) electrons. The van der Waals surface area contributed by atoms with Gasteiger partial charge in [0.2, 0.25) is 0 Å². The number of hydrogen-bond donors (Lipinski definition) is 2. The first kappa shape index (κ1) is 13.4. The van der Waals surface area contributed by atoms with Crippen molar-refractivity contribution in [3.63, 3.8) is 0 Å². The highest BCUT2D eigenvalue weighted by atomic mass is 32.2. The summed E-state index contributed by atoms with van der Waals surface area (Å²) in [6, 6.07) is 0. The minimum absolute atomic E-state index is 0.361. The maximum absolute atomic E-state index is 10.3. The minimum Gasteiger partial charge on any atom is -0.790 e. The van der Waals surface area contributed by atoms with Gasteiger partial charge in [-0.2, -0.15) is 11.8 Å². The Hall–Kier alpha value is 0.340. The standard InChI is InChI=1S/C6H13O7PS/c1-15-2-3-4(7)5(8)6(12-3)13-14(9,10)11/h3-8H,2H2,1H3,(H2,9,10,11)/p-2/t3-,4-,5-,6?/m1/s1. The van der Waals surface area contributed by atoms with Crippen LogP contribution >= 0.6 is 19.6 Å². The van der Waals surface area contributed by atoms with E-state index in [1.807, 2.05) is 0 Å². The van der Waals surface area contributed by atoms with Crippen LogP contribution in [0.5, 0.6) is 0 Å². The summed E-state index contributed by atoms with van der Waals surface area (Å²) in [6.07, 6.45) is -3.39. The number of ether oxygens (including phenoxy) is 1. The van der Waals surface area contributed by atoms with Crippen molar-refractivity contribution in [2.45, 2.75) is 24.6 Å². The quantitative estimate of drug-likeness (QED) is 0.537. The number of hydrogen-bond acceptors (Lipinski definition) is 8. The van der Waals surface area contributed by atoms with Gasteiger partial charge in [-0.15, -0.1) is 0 Å². The first-order valence-corrected chi connectivity index (χ1v) is 6.91. The van der Waals surface area contributed by atoms with Gasteiger partial charge >= 0.3 is 0 Å². The molecule has 1 saturated heterocycles. The molecule has 1 fully saturated rings. The summed E-state index contributed by atoms with van der Waals surface area (Å²) in [5, 5.41) is 18.7. The van der Waals surface area contributed by atoms with Crippen LogP contribution < -0.4 is 9.79 Å². The fourth-order valence-electron chi connectivity index (χ4n) is 1.23. The molecule has 1 rings (SSSR count). The summed E-state index contributed by atoms with van der Waals surface area (Å²) in [4.78, 5) is 20.6. The Labute approximate surface area is 90.6 Å². The number of aliphatic hydroxyl groups excluding tert-OH is 2. The van der Waals surface area contributed by atoms with Crippen LogP contribution in [-0.2, 0) is 13.8 Å². The SMILES string of the molecule is CSC[C@H]1OC(OP(=O)([O-])[O-])[C@H](O)[C@@H]1O. The van der Waals surface area contributed by atoms with Gasteiger partial charge in [0, 0.05) is 5.75 Å². The van der Waals surface area contributed by atoms with Crippen molar-refractivity contribution in [1.29, 1.82) is 0 Å². The van der Waals surface area contributed by atoms with Gasteiger partial charge in [0.25, 0.3) is 0 Å². The van der Waals surface area contributed by atoms with Gasteiger partial charge < -0.3 is 33.8 Å². The summed E-state index contributed by atoms with van der Waals surface area (Å²) in [5.41, 5.74) is 0. The maximum atomic E-state index is 10.3. The zero-order chi connectivity index (χ0) is 11.6. The molecule has 1 aliphatic heterocycles. The molecule has 0 aromatic carbocycles. The molecule has 0 aromatic heterocycles. The summed E-state index contributed by atoms with van der Waals surface area (Å²) in [5.74, 6) is 0.361. The van der Waals surface area contributed by atoms with E-state index in [9.17, 15) is 24.6 Å². The molecule has 0 saturated carbocycles. The second-order valence-corrected chi connectivity index (χ2v) is 5.05. The molecule has 0 spiro atoms. The van der Waals surface area contributed by atoms with Crippen LogP contribution in [0.25, 0.3) is 0 Å². The molecule has 4 atom stereocenters. The van der Waals surface area contributed by atoms with Gasteiger partial charge in [-0.05, 0) is 6.26 Å². The summed E-state index contributed by atoms with van der Waals surface area (Å²) in [7, 11) is -5.23. The Bertz CT molecular complexity index is 256. The molecule has 0 amide bonds. The van der Waals surface area contributed by atoms with E-state index in [-0.39, 0.29) is 0 Å². The highest BCUT2D eigenvalue weighted by molar-refractivity contribution is 7.98. The molecular weight excluding hydrogens is 247 g/mol. The molecule has 7 nitrogen and oxygen atoms in total. The lowest BCUT2D eigenvalue weighted by molar-refractivity contribution is -0.354. The fourth-order valence-corrected chi connectivity index (χ4v) is 2.26. The monoisotopic (exact) mass is 258 g/mol. The average molecular weight is 258 g/mol. The lowest BCUT2D eigenvalue weighted by Gasteiger charge is -2.32. The molecule has 1 aliphatic rings. The largest absolute Gasteiger partial charge is 0.790 e. The van der Waals surface area contributed by atoms with Gasteiger partial charge in [-0.25, -0.2) is 0 Å². The molecule has 1 heterocycles. The lowest BCUT2D eigenvalue weighted by Crippen LogP contribution is -2.35. The number of phosphoric acid groups is 1. The normalized spacial score (nSPS) is 37.1. The third-order valence-corrected chi connectivity index (χ3v) is 3.01.